The van der Waals surface area contributed by atoms with Crippen LogP contribution in [-0.2, 0) is 6.61 Å². The summed E-state index contributed by atoms with van der Waals surface area (Å²) in [5.74, 6) is 0.683. The topological polar surface area (TPSA) is 76.2 Å². The summed E-state index contributed by atoms with van der Waals surface area (Å²) in [6.07, 6.45) is 1.84. The zero-order chi connectivity index (χ0) is 20.8. The fourth-order valence-electron chi connectivity index (χ4n) is 2.72. The van der Waals surface area contributed by atoms with Crippen LogP contribution in [0.2, 0.25) is 0 Å². The number of nitro benzene ring substituents is 1. The number of ether oxygens (including phenoxy) is 1. The number of allylic oxidation sites excluding steroid dienone is 1. The van der Waals surface area contributed by atoms with E-state index in [-0.39, 0.29) is 12.3 Å². The van der Waals surface area contributed by atoms with Gasteiger partial charge in [0.05, 0.1) is 20.1 Å². The van der Waals surface area contributed by atoms with Gasteiger partial charge in [0.25, 0.3) is 5.69 Å². The molecule has 144 valence electrons. The molecule has 0 fully saturated rings. The third-order valence-electron chi connectivity index (χ3n) is 4.27. The average Bonchev–Trinajstić information content (AvgIpc) is 2.72. The first-order chi connectivity index (χ1) is 14.0. The summed E-state index contributed by atoms with van der Waals surface area (Å²) < 4.78 is 6.72. The van der Waals surface area contributed by atoms with Crippen LogP contribution in [-0.4, -0.2) is 4.92 Å². The van der Waals surface area contributed by atoms with Gasteiger partial charge in [0.15, 0.2) is 0 Å². The number of hydrogen-bond acceptors (Lipinski definition) is 4. The number of hydrogen-bond donors (Lipinski definition) is 0. The molecular weight excluding hydrogens is 479 g/mol. The minimum absolute atomic E-state index is 0.0430. The number of rotatable bonds is 6. The Morgan fingerprint density at radius 1 is 1.17 bits per heavy atom. The van der Waals surface area contributed by atoms with Gasteiger partial charge >= 0.3 is 0 Å². The SMILES string of the molecule is Cc1ccc(/C(C#N)=C\c2ccc(OCc3cccc([N+](=O)[O-])c3)c(I)c2)cc1. The highest BCUT2D eigenvalue weighted by Gasteiger charge is 2.08. The van der Waals surface area contributed by atoms with Crippen LogP contribution in [0.3, 0.4) is 0 Å². The first-order valence-electron chi connectivity index (χ1n) is 8.81. The fraction of sp³-hybridized carbons (Fsp3) is 0.0870. The zero-order valence-electron chi connectivity index (χ0n) is 15.6. The molecule has 3 aromatic carbocycles. The number of nitro groups is 1. The number of nitriles is 1. The Morgan fingerprint density at radius 3 is 2.59 bits per heavy atom. The van der Waals surface area contributed by atoms with Crippen molar-refractivity contribution >= 4 is 39.9 Å². The van der Waals surface area contributed by atoms with Crippen molar-refractivity contribution in [2.75, 3.05) is 0 Å². The third kappa shape index (κ3) is 5.42. The summed E-state index contributed by atoms with van der Waals surface area (Å²) in [6.45, 7) is 2.24. The molecule has 0 unspecified atom stereocenters. The van der Waals surface area contributed by atoms with E-state index in [1.165, 1.54) is 12.1 Å². The normalized spacial score (nSPS) is 11.0. The molecule has 0 saturated carbocycles. The van der Waals surface area contributed by atoms with Gasteiger partial charge in [-0.25, -0.2) is 0 Å². The van der Waals surface area contributed by atoms with Gasteiger partial charge in [-0.15, -0.1) is 0 Å². The molecule has 0 radical (unpaired) electrons. The smallest absolute Gasteiger partial charge is 0.269 e. The Balaban J connectivity index is 1.76. The van der Waals surface area contributed by atoms with Crippen molar-refractivity contribution in [3.63, 3.8) is 0 Å². The maximum Gasteiger partial charge on any atom is 0.269 e. The molecule has 6 heteroatoms. The molecule has 29 heavy (non-hydrogen) atoms. The number of halogens is 1. The van der Waals surface area contributed by atoms with E-state index in [9.17, 15) is 15.4 Å². The lowest BCUT2D eigenvalue weighted by atomic mass is 10.0. The molecule has 0 saturated heterocycles. The average molecular weight is 496 g/mol. The van der Waals surface area contributed by atoms with Crippen LogP contribution < -0.4 is 4.74 Å². The van der Waals surface area contributed by atoms with Crippen molar-refractivity contribution in [3.8, 4) is 11.8 Å². The summed E-state index contributed by atoms with van der Waals surface area (Å²) >= 11 is 2.18. The van der Waals surface area contributed by atoms with Crippen LogP contribution in [0.25, 0.3) is 11.6 Å². The summed E-state index contributed by atoms with van der Waals surface area (Å²) in [7, 11) is 0. The number of benzene rings is 3. The van der Waals surface area contributed by atoms with E-state index in [0.717, 1.165) is 25.8 Å². The molecule has 0 spiro atoms. The highest BCUT2D eigenvalue weighted by molar-refractivity contribution is 14.1. The second-order valence-electron chi connectivity index (χ2n) is 6.44. The molecule has 3 aromatic rings. The van der Waals surface area contributed by atoms with Crippen molar-refractivity contribution < 1.29 is 9.66 Å². The van der Waals surface area contributed by atoms with Crippen molar-refractivity contribution in [1.29, 1.82) is 5.26 Å². The molecule has 0 amide bonds. The lowest BCUT2D eigenvalue weighted by Gasteiger charge is -2.09. The van der Waals surface area contributed by atoms with Crippen LogP contribution in [0.1, 0.15) is 22.3 Å². The Bertz CT molecular complexity index is 1120. The highest BCUT2D eigenvalue weighted by atomic mass is 127. The summed E-state index contributed by atoms with van der Waals surface area (Å²) in [4.78, 5) is 10.5. The lowest BCUT2D eigenvalue weighted by molar-refractivity contribution is -0.384. The van der Waals surface area contributed by atoms with Gasteiger partial charge in [0.2, 0.25) is 0 Å². The lowest BCUT2D eigenvalue weighted by Crippen LogP contribution is -1.98. The number of aryl methyl sites for hydroxylation is 1. The van der Waals surface area contributed by atoms with Gasteiger partial charge in [-0.1, -0.05) is 48.0 Å². The molecule has 0 heterocycles. The van der Waals surface area contributed by atoms with Crippen LogP contribution in [0.15, 0.2) is 66.7 Å². The highest BCUT2D eigenvalue weighted by Crippen LogP contribution is 2.26. The largest absolute Gasteiger partial charge is 0.488 e. The monoisotopic (exact) mass is 496 g/mol. The van der Waals surface area contributed by atoms with Gasteiger partial charge in [-0.2, -0.15) is 5.26 Å². The van der Waals surface area contributed by atoms with E-state index in [1.807, 2.05) is 55.5 Å². The van der Waals surface area contributed by atoms with Gasteiger partial charge in [-0.05, 0) is 64.4 Å². The maximum atomic E-state index is 10.9. The van der Waals surface area contributed by atoms with Crippen LogP contribution in [0, 0.1) is 31.9 Å². The zero-order valence-corrected chi connectivity index (χ0v) is 17.8. The van der Waals surface area contributed by atoms with E-state index in [0.29, 0.717) is 11.3 Å². The molecule has 0 aromatic heterocycles. The molecule has 3 rings (SSSR count). The molecule has 0 atom stereocenters. The summed E-state index contributed by atoms with van der Waals surface area (Å²) in [5.41, 5.74) is 4.27. The first-order valence-corrected chi connectivity index (χ1v) is 9.88. The third-order valence-corrected chi connectivity index (χ3v) is 5.11. The fourth-order valence-corrected chi connectivity index (χ4v) is 3.42. The van der Waals surface area contributed by atoms with Gasteiger partial charge < -0.3 is 4.74 Å². The van der Waals surface area contributed by atoms with E-state index < -0.39 is 4.92 Å². The van der Waals surface area contributed by atoms with Crippen molar-refractivity contribution in [1.82, 2.24) is 0 Å². The van der Waals surface area contributed by atoms with Crippen molar-refractivity contribution in [2.45, 2.75) is 13.5 Å². The Kier molecular flexibility index (Phi) is 6.62. The summed E-state index contributed by atoms with van der Waals surface area (Å²) in [5, 5.41) is 20.4. The van der Waals surface area contributed by atoms with Gasteiger partial charge in [0, 0.05) is 12.1 Å². The second kappa shape index (κ2) is 9.34. The summed E-state index contributed by atoms with van der Waals surface area (Å²) in [6, 6.07) is 22.1. The van der Waals surface area contributed by atoms with Gasteiger partial charge in [0.1, 0.15) is 12.4 Å². The molecule has 0 aliphatic heterocycles. The quantitative estimate of drug-likeness (QED) is 0.135. The Morgan fingerprint density at radius 2 is 1.93 bits per heavy atom. The molecular formula is C23H17IN2O3. The molecule has 0 N–H and O–H groups in total. The minimum Gasteiger partial charge on any atom is -0.488 e. The number of nitrogens with zero attached hydrogens (tertiary/aromatic N) is 2. The van der Waals surface area contributed by atoms with E-state index in [2.05, 4.69) is 28.7 Å². The molecule has 0 aliphatic rings. The maximum absolute atomic E-state index is 10.9. The van der Waals surface area contributed by atoms with Crippen LogP contribution in [0.5, 0.6) is 5.75 Å². The minimum atomic E-state index is -0.421. The molecule has 5 nitrogen and oxygen atoms in total. The van der Waals surface area contributed by atoms with E-state index >= 15 is 0 Å². The van der Waals surface area contributed by atoms with Gasteiger partial charge in [-0.3, -0.25) is 10.1 Å². The molecule has 0 bridgehead atoms. The Hall–Kier alpha value is -3.18. The first kappa shape index (κ1) is 20.6. The second-order valence-corrected chi connectivity index (χ2v) is 7.60. The van der Waals surface area contributed by atoms with Crippen molar-refractivity contribution in [3.05, 3.63) is 103 Å². The predicted molar refractivity (Wildman–Crippen MR) is 121 cm³/mol. The van der Waals surface area contributed by atoms with Crippen molar-refractivity contribution in [2.24, 2.45) is 0 Å². The van der Waals surface area contributed by atoms with Crippen LogP contribution in [0.4, 0.5) is 5.69 Å². The van der Waals surface area contributed by atoms with Crippen LogP contribution >= 0.6 is 22.6 Å². The standard InChI is InChI=1S/C23H17IN2O3/c1-16-5-8-19(9-6-16)20(14-25)11-17-7-10-23(22(24)13-17)29-15-18-3-2-4-21(12-18)26(27)28/h2-13H,15H2,1H3/b20-11-. The van der Waals surface area contributed by atoms with E-state index in [4.69, 9.17) is 4.74 Å². The Labute approximate surface area is 182 Å². The van der Waals surface area contributed by atoms with E-state index in [1.54, 1.807) is 12.1 Å². The predicted octanol–water partition coefficient (Wildman–Crippen LogP) is 6.15. The number of non-ortho nitro benzene ring substituents is 1. The molecule has 0 aliphatic carbocycles.